The molecule has 3 N–H and O–H groups in total. The number of furan rings is 1. The van der Waals surface area contributed by atoms with E-state index in [1.165, 1.54) is 18.4 Å². The minimum atomic E-state index is -0.159. The Morgan fingerprint density at radius 3 is 2.47 bits per heavy atom. The Morgan fingerprint density at radius 2 is 1.81 bits per heavy atom. The summed E-state index contributed by atoms with van der Waals surface area (Å²) in [7, 11) is 1.82. The maximum absolute atomic E-state index is 12.1. The summed E-state index contributed by atoms with van der Waals surface area (Å²) in [6.45, 7) is 4.26. The lowest BCUT2D eigenvalue weighted by Crippen LogP contribution is -2.52. The number of piperidine rings is 1. The molecule has 32 heavy (non-hydrogen) atoms. The molecule has 2 bridgehead atoms. The third-order valence-corrected chi connectivity index (χ3v) is 6.66. The van der Waals surface area contributed by atoms with E-state index in [2.05, 4.69) is 56.2 Å². The summed E-state index contributed by atoms with van der Waals surface area (Å²) in [5.41, 5.74) is 2.26. The van der Waals surface area contributed by atoms with Crippen LogP contribution < -0.4 is 16.0 Å². The highest BCUT2D eigenvalue weighted by Gasteiger charge is 2.40. The fraction of sp³-hybridized carbons (Fsp3) is 0.520. The van der Waals surface area contributed by atoms with Crippen LogP contribution in [0.2, 0.25) is 0 Å². The standard InChI is InChI=1S/C25H35N5O2/c1-18-11-14-32-23(18)24(31)27-12-6-13-28-25(26-2)29-20-15-21-9-10-22(16-20)30(21)17-19-7-4-3-5-8-19/h3-5,7-8,11,14,20-22H,6,9-10,12-13,15-17H2,1-2H3,(H,27,31)(H2,26,28,29). The lowest BCUT2D eigenvalue weighted by molar-refractivity contribution is 0.0925. The number of rotatable bonds is 8. The second-order valence-corrected chi connectivity index (χ2v) is 8.90. The average Bonchev–Trinajstić information content (AvgIpc) is 3.32. The summed E-state index contributed by atoms with van der Waals surface area (Å²) in [4.78, 5) is 19.2. The van der Waals surface area contributed by atoms with Crippen molar-refractivity contribution in [2.45, 2.75) is 63.7 Å². The number of fused-ring (bicyclic) bond motifs is 2. The Labute approximate surface area is 190 Å². The van der Waals surface area contributed by atoms with E-state index in [0.29, 0.717) is 30.4 Å². The van der Waals surface area contributed by atoms with Gasteiger partial charge in [-0.25, -0.2) is 0 Å². The minimum Gasteiger partial charge on any atom is -0.459 e. The third kappa shape index (κ3) is 5.51. The van der Waals surface area contributed by atoms with Crippen LogP contribution in [0.25, 0.3) is 0 Å². The van der Waals surface area contributed by atoms with Gasteiger partial charge in [0.15, 0.2) is 11.7 Å². The SMILES string of the molecule is CN=C(NCCCNC(=O)c1occc1C)NC1CC2CCC(C1)N2Cc1ccccc1. The number of carbonyl (C=O) groups is 1. The van der Waals surface area contributed by atoms with Crippen molar-refractivity contribution in [3.63, 3.8) is 0 Å². The van der Waals surface area contributed by atoms with Crippen LogP contribution >= 0.6 is 0 Å². The van der Waals surface area contributed by atoms with Gasteiger partial charge < -0.3 is 20.4 Å². The molecule has 3 heterocycles. The van der Waals surface area contributed by atoms with Gasteiger partial charge >= 0.3 is 0 Å². The molecule has 1 aromatic heterocycles. The lowest BCUT2D eigenvalue weighted by Gasteiger charge is -2.39. The van der Waals surface area contributed by atoms with Gasteiger partial charge in [-0.3, -0.25) is 14.7 Å². The van der Waals surface area contributed by atoms with Crippen molar-refractivity contribution >= 4 is 11.9 Å². The molecule has 2 saturated heterocycles. The first kappa shape index (κ1) is 22.4. The molecule has 2 atom stereocenters. The van der Waals surface area contributed by atoms with Gasteiger partial charge in [0.2, 0.25) is 0 Å². The topological polar surface area (TPSA) is 81.9 Å². The highest BCUT2D eigenvalue weighted by Crippen LogP contribution is 2.36. The molecule has 2 unspecified atom stereocenters. The summed E-state index contributed by atoms with van der Waals surface area (Å²) in [5.74, 6) is 1.08. The molecule has 1 aromatic carbocycles. The monoisotopic (exact) mass is 437 g/mol. The van der Waals surface area contributed by atoms with Crippen LogP contribution in [0.5, 0.6) is 0 Å². The predicted molar refractivity (Wildman–Crippen MR) is 127 cm³/mol. The van der Waals surface area contributed by atoms with Crippen LogP contribution in [0, 0.1) is 6.92 Å². The minimum absolute atomic E-state index is 0.159. The molecule has 4 rings (SSSR count). The van der Waals surface area contributed by atoms with E-state index >= 15 is 0 Å². The van der Waals surface area contributed by atoms with Crippen molar-refractivity contribution in [3.05, 3.63) is 59.5 Å². The first-order chi connectivity index (χ1) is 15.6. The molecule has 0 radical (unpaired) electrons. The Bertz CT molecular complexity index is 896. The van der Waals surface area contributed by atoms with Gasteiger partial charge in [0, 0.05) is 50.4 Å². The maximum Gasteiger partial charge on any atom is 0.287 e. The van der Waals surface area contributed by atoms with Crippen LogP contribution in [0.3, 0.4) is 0 Å². The first-order valence-electron chi connectivity index (χ1n) is 11.7. The van der Waals surface area contributed by atoms with E-state index in [1.54, 1.807) is 12.3 Å². The molecule has 0 saturated carbocycles. The van der Waals surface area contributed by atoms with E-state index in [9.17, 15) is 4.79 Å². The van der Waals surface area contributed by atoms with Crippen molar-refractivity contribution in [3.8, 4) is 0 Å². The van der Waals surface area contributed by atoms with Gasteiger partial charge in [0.05, 0.1) is 6.26 Å². The van der Waals surface area contributed by atoms with Crippen LogP contribution in [0.15, 0.2) is 52.1 Å². The second kappa shape index (κ2) is 10.7. The Kier molecular flexibility index (Phi) is 7.47. The number of nitrogens with one attached hydrogen (secondary N) is 3. The zero-order chi connectivity index (χ0) is 22.3. The fourth-order valence-electron chi connectivity index (χ4n) is 5.02. The van der Waals surface area contributed by atoms with Crippen molar-refractivity contribution < 1.29 is 9.21 Å². The molecule has 1 amide bonds. The number of nitrogens with zero attached hydrogens (tertiary/aromatic N) is 2. The molecule has 2 fully saturated rings. The van der Waals surface area contributed by atoms with Crippen molar-refractivity contribution in [1.29, 1.82) is 0 Å². The van der Waals surface area contributed by atoms with Crippen molar-refractivity contribution in [2.75, 3.05) is 20.1 Å². The molecular formula is C25H35N5O2. The van der Waals surface area contributed by atoms with E-state index in [4.69, 9.17) is 4.42 Å². The molecular weight excluding hydrogens is 402 g/mol. The third-order valence-electron chi connectivity index (χ3n) is 6.66. The number of guanidine groups is 1. The van der Waals surface area contributed by atoms with Crippen molar-refractivity contribution in [2.24, 2.45) is 4.99 Å². The van der Waals surface area contributed by atoms with Gasteiger partial charge in [0.25, 0.3) is 5.91 Å². The van der Waals surface area contributed by atoms with E-state index in [0.717, 1.165) is 43.9 Å². The summed E-state index contributed by atoms with van der Waals surface area (Å²) in [5, 5.41) is 9.92. The average molecular weight is 438 g/mol. The molecule has 172 valence electrons. The quantitative estimate of drug-likeness (QED) is 0.336. The van der Waals surface area contributed by atoms with Gasteiger partial charge in [0.1, 0.15) is 0 Å². The second-order valence-electron chi connectivity index (χ2n) is 8.90. The van der Waals surface area contributed by atoms with Crippen molar-refractivity contribution in [1.82, 2.24) is 20.9 Å². The number of hydrogen-bond acceptors (Lipinski definition) is 4. The fourth-order valence-corrected chi connectivity index (χ4v) is 5.02. The maximum atomic E-state index is 12.1. The molecule has 2 aliphatic heterocycles. The van der Waals surface area contributed by atoms with Gasteiger partial charge in [-0.2, -0.15) is 0 Å². The number of aliphatic imine (C=N–C) groups is 1. The summed E-state index contributed by atoms with van der Waals surface area (Å²) in [6.07, 6.45) is 7.24. The Morgan fingerprint density at radius 1 is 1.09 bits per heavy atom. The normalized spacial score (nSPS) is 23.2. The molecule has 0 aliphatic carbocycles. The molecule has 7 nitrogen and oxygen atoms in total. The van der Waals surface area contributed by atoms with Crippen LogP contribution in [-0.2, 0) is 6.54 Å². The largest absolute Gasteiger partial charge is 0.459 e. The number of hydrogen-bond donors (Lipinski definition) is 3. The van der Waals surface area contributed by atoms with Gasteiger partial charge in [-0.05, 0) is 50.7 Å². The molecule has 0 spiro atoms. The molecule has 7 heteroatoms. The van der Waals surface area contributed by atoms with Gasteiger partial charge in [-0.15, -0.1) is 0 Å². The van der Waals surface area contributed by atoms with E-state index in [-0.39, 0.29) is 5.91 Å². The zero-order valence-electron chi connectivity index (χ0n) is 19.1. The summed E-state index contributed by atoms with van der Waals surface area (Å²) in [6, 6.07) is 14.3. The van der Waals surface area contributed by atoms with E-state index in [1.807, 2.05) is 14.0 Å². The predicted octanol–water partition coefficient (Wildman–Crippen LogP) is 3.07. The first-order valence-corrected chi connectivity index (χ1v) is 11.7. The highest BCUT2D eigenvalue weighted by atomic mass is 16.3. The zero-order valence-corrected chi connectivity index (χ0v) is 19.1. The van der Waals surface area contributed by atoms with Crippen LogP contribution in [0.1, 0.15) is 53.8 Å². The smallest absolute Gasteiger partial charge is 0.287 e. The number of benzene rings is 1. The number of amides is 1. The Balaban J connectivity index is 1.17. The Hall–Kier alpha value is -2.80. The van der Waals surface area contributed by atoms with Gasteiger partial charge in [-0.1, -0.05) is 30.3 Å². The highest BCUT2D eigenvalue weighted by molar-refractivity contribution is 5.92. The molecule has 2 aromatic rings. The van der Waals surface area contributed by atoms with Crippen LogP contribution in [0.4, 0.5) is 0 Å². The molecule has 2 aliphatic rings. The number of aryl methyl sites for hydroxylation is 1. The van der Waals surface area contributed by atoms with E-state index < -0.39 is 0 Å². The summed E-state index contributed by atoms with van der Waals surface area (Å²) < 4.78 is 5.23. The summed E-state index contributed by atoms with van der Waals surface area (Å²) >= 11 is 0. The van der Waals surface area contributed by atoms with Crippen LogP contribution in [-0.4, -0.2) is 55.0 Å². The lowest BCUT2D eigenvalue weighted by atomic mass is 9.96. The number of carbonyl (C=O) groups excluding carboxylic acids is 1.